The van der Waals surface area contributed by atoms with E-state index in [2.05, 4.69) is 10.3 Å². The smallest absolute Gasteiger partial charge is 0.355 e. The van der Waals surface area contributed by atoms with Gasteiger partial charge in [-0.25, -0.2) is 14.6 Å². The molecule has 2 amide bonds. The number of aliphatic hydroxyl groups is 1. The quantitative estimate of drug-likeness (QED) is 0.701. The Labute approximate surface area is 121 Å². The minimum absolute atomic E-state index is 0.0137. The highest BCUT2D eigenvalue weighted by Crippen LogP contribution is 2.10. The maximum atomic E-state index is 12.0. The van der Waals surface area contributed by atoms with E-state index in [1.165, 1.54) is 16.7 Å². The van der Waals surface area contributed by atoms with Crippen LogP contribution in [0, 0.1) is 0 Å². The van der Waals surface area contributed by atoms with Gasteiger partial charge in [-0.15, -0.1) is 11.3 Å². The highest BCUT2D eigenvalue weighted by atomic mass is 32.1. The summed E-state index contributed by atoms with van der Waals surface area (Å²) in [4.78, 5) is 28.2. The average molecular weight is 301 g/mol. The molecule has 0 aromatic carbocycles. The second-order valence-corrected chi connectivity index (χ2v) is 5.40. The van der Waals surface area contributed by atoms with Gasteiger partial charge < -0.3 is 20.4 Å². The minimum Gasteiger partial charge on any atom is -0.476 e. The van der Waals surface area contributed by atoms with Crippen LogP contribution in [0.4, 0.5) is 4.79 Å². The molecule has 112 valence electrons. The van der Waals surface area contributed by atoms with Gasteiger partial charge in [0.05, 0.1) is 6.54 Å². The second kappa shape index (κ2) is 7.81. The third kappa shape index (κ3) is 4.78. The fourth-order valence-corrected chi connectivity index (χ4v) is 2.29. The van der Waals surface area contributed by atoms with Crippen LogP contribution >= 0.6 is 11.3 Å². The third-order valence-corrected chi connectivity index (χ3v) is 3.45. The largest absolute Gasteiger partial charge is 0.476 e. The maximum absolute atomic E-state index is 12.0. The van der Waals surface area contributed by atoms with Gasteiger partial charge in [0.2, 0.25) is 0 Å². The average Bonchev–Trinajstić information content (AvgIpc) is 2.85. The Hall–Kier alpha value is -1.67. The van der Waals surface area contributed by atoms with Gasteiger partial charge in [-0.3, -0.25) is 0 Å². The number of aromatic nitrogens is 1. The van der Waals surface area contributed by atoms with Crippen molar-refractivity contribution in [3.8, 4) is 0 Å². The maximum Gasteiger partial charge on any atom is 0.355 e. The fraction of sp³-hybridized carbons (Fsp3) is 0.583. The lowest BCUT2D eigenvalue weighted by Crippen LogP contribution is -2.44. The molecule has 7 nitrogen and oxygen atoms in total. The van der Waals surface area contributed by atoms with E-state index in [-0.39, 0.29) is 30.9 Å². The molecule has 0 aliphatic heterocycles. The number of thiazole rings is 1. The molecule has 0 spiro atoms. The van der Waals surface area contributed by atoms with Gasteiger partial charge in [0.1, 0.15) is 5.01 Å². The zero-order valence-corrected chi connectivity index (χ0v) is 12.3. The number of hydrogen-bond donors (Lipinski definition) is 3. The summed E-state index contributed by atoms with van der Waals surface area (Å²) in [7, 11) is 0. The van der Waals surface area contributed by atoms with E-state index in [1.807, 2.05) is 13.8 Å². The molecule has 1 heterocycles. The first-order valence-corrected chi connectivity index (χ1v) is 7.16. The molecular formula is C12H19N3O4S. The van der Waals surface area contributed by atoms with Crippen molar-refractivity contribution in [2.24, 2.45) is 0 Å². The Morgan fingerprint density at radius 1 is 1.50 bits per heavy atom. The molecule has 0 aliphatic carbocycles. The number of hydrogen-bond acceptors (Lipinski definition) is 5. The zero-order valence-electron chi connectivity index (χ0n) is 11.5. The summed E-state index contributed by atoms with van der Waals surface area (Å²) in [5, 5.41) is 22.3. The summed E-state index contributed by atoms with van der Waals surface area (Å²) in [6, 6.07) is -0.229. The summed E-state index contributed by atoms with van der Waals surface area (Å²) in [6.07, 6.45) is 0.520. The molecule has 0 atom stereocenters. The number of amides is 2. The highest BCUT2D eigenvalue weighted by Gasteiger charge is 2.16. The van der Waals surface area contributed by atoms with Crippen LogP contribution in [0.3, 0.4) is 0 Å². The predicted octanol–water partition coefficient (Wildman–Crippen LogP) is 1.14. The molecule has 1 aromatic rings. The van der Waals surface area contributed by atoms with Crippen molar-refractivity contribution in [3.63, 3.8) is 0 Å². The number of urea groups is 1. The molecule has 3 N–H and O–H groups in total. The molecule has 0 fully saturated rings. The lowest BCUT2D eigenvalue weighted by atomic mass is 10.3. The van der Waals surface area contributed by atoms with E-state index < -0.39 is 5.97 Å². The lowest BCUT2D eigenvalue weighted by molar-refractivity contribution is 0.0691. The zero-order chi connectivity index (χ0) is 15.1. The molecule has 0 saturated heterocycles. The second-order valence-electron chi connectivity index (χ2n) is 4.45. The summed E-state index contributed by atoms with van der Waals surface area (Å²) in [5.74, 6) is -1.08. The van der Waals surface area contributed by atoms with E-state index in [0.717, 1.165) is 0 Å². The number of rotatable bonds is 7. The van der Waals surface area contributed by atoms with E-state index in [4.69, 9.17) is 10.2 Å². The molecule has 0 aliphatic rings. The van der Waals surface area contributed by atoms with Crippen molar-refractivity contribution in [1.82, 2.24) is 15.2 Å². The van der Waals surface area contributed by atoms with Crippen molar-refractivity contribution in [3.05, 3.63) is 16.1 Å². The van der Waals surface area contributed by atoms with E-state index in [9.17, 15) is 9.59 Å². The van der Waals surface area contributed by atoms with Crippen molar-refractivity contribution >= 4 is 23.3 Å². The first-order chi connectivity index (χ1) is 9.45. The first-order valence-electron chi connectivity index (χ1n) is 6.28. The number of aliphatic hydroxyl groups excluding tert-OH is 1. The number of carboxylic acid groups (broad SMARTS) is 1. The van der Waals surface area contributed by atoms with Gasteiger partial charge in [0, 0.05) is 24.6 Å². The van der Waals surface area contributed by atoms with Crippen LogP contribution in [-0.2, 0) is 6.54 Å². The van der Waals surface area contributed by atoms with Crippen LogP contribution in [-0.4, -0.2) is 51.3 Å². The van der Waals surface area contributed by atoms with E-state index in [0.29, 0.717) is 18.0 Å². The monoisotopic (exact) mass is 301 g/mol. The Morgan fingerprint density at radius 2 is 2.20 bits per heavy atom. The molecular weight excluding hydrogens is 282 g/mol. The summed E-state index contributed by atoms with van der Waals surface area (Å²) >= 11 is 1.19. The van der Waals surface area contributed by atoms with Gasteiger partial charge in [0.15, 0.2) is 5.69 Å². The van der Waals surface area contributed by atoms with E-state index >= 15 is 0 Å². The first kappa shape index (κ1) is 16.4. The Bertz CT molecular complexity index is 461. The van der Waals surface area contributed by atoms with Crippen LogP contribution < -0.4 is 5.32 Å². The number of nitrogens with zero attached hydrogens (tertiary/aromatic N) is 2. The summed E-state index contributed by atoms with van der Waals surface area (Å²) in [5.41, 5.74) is -0.0137. The Balaban J connectivity index is 2.53. The Kier molecular flexibility index (Phi) is 6.40. The Morgan fingerprint density at radius 3 is 2.70 bits per heavy atom. The van der Waals surface area contributed by atoms with Gasteiger partial charge in [-0.05, 0) is 20.3 Å². The van der Waals surface area contributed by atoms with Crippen LogP contribution in [0.2, 0.25) is 0 Å². The summed E-state index contributed by atoms with van der Waals surface area (Å²) < 4.78 is 0. The molecule has 1 rings (SSSR count). The van der Waals surface area contributed by atoms with Crippen molar-refractivity contribution in [2.75, 3.05) is 13.2 Å². The molecule has 0 bridgehead atoms. The fourth-order valence-electron chi connectivity index (χ4n) is 1.58. The van der Waals surface area contributed by atoms with Crippen LogP contribution in [0.5, 0.6) is 0 Å². The third-order valence-electron chi connectivity index (χ3n) is 2.60. The van der Waals surface area contributed by atoms with Gasteiger partial charge in [0.25, 0.3) is 0 Å². The molecule has 0 unspecified atom stereocenters. The van der Waals surface area contributed by atoms with Crippen molar-refractivity contribution < 1.29 is 19.8 Å². The minimum atomic E-state index is -1.08. The highest BCUT2D eigenvalue weighted by molar-refractivity contribution is 7.09. The number of carboxylic acids is 1. The normalized spacial score (nSPS) is 10.6. The number of carbonyl (C=O) groups excluding carboxylic acids is 1. The number of aromatic carboxylic acids is 1. The van der Waals surface area contributed by atoms with Crippen LogP contribution in [0.25, 0.3) is 0 Å². The molecule has 1 aromatic heterocycles. The molecule has 8 heteroatoms. The predicted molar refractivity (Wildman–Crippen MR) is 74.9 cm³/mol. The van der Waals surface area contributed by atoms with Crippen LogP contribution in [0.1, 0.15) is 35.8 Å². The number of carbonyl (C=O) groups is 2. The SMILES string of the molecule is CC(C)N(CCCO)C(=O)NCc1nc(C(=O)O)cs1. The molecule has 0 saturated carbocycles. The van der Waals surface area contributed by atoms with Gasteiger partial charge in [-0.1, -0.05) is 0 Å². The van der Waals surface area contributed by atoms with Crippen LogP contribution in [0.15, 0.2) is 5.38 Å². The topological polar surface area (TPSA) is 103 Å². The van der Waals surface area contributed by atoms with Gasteiger partial charge in [-0.2, -0.15) is 0 Å². The number of nitrogens with one attached hydrogen (secondary N) is 1. The van der Waals surface area contributed by atoms with Crippen molar-refractivity contribution in [1.29, 1.82) is 0 Å². The molecule has 20 heavy (non-hydrogen) atoms. The van der Waals surface area contributed by atoms with Crippen molar-refractivity contribution in [2.45, 2.75) is 32.9 Å². The van der Waals surface area contributed by atoms with Gasteiger partial charge >= 0.3 is 12.0 Å². The lowest BCUT2D eigenvalue weighted by Gasteiger charge is -2.26. The summed E-state index contributed by atoms with van der Waals surface area (Å²) in [6.45, 7) is 4.48. The standard InChI is InChI=1S/C12H19N3O4S/c1-8(2)15(4-3-5-16)12(19)13-6-10-14-9(7-20-10)11(17)18/h7-8,16H,3-6H2,1-2H3,(H,13,19)(H,17,18). The molecule has 0 radical (unpaired) electrons. The van der Waals surface area contributed by atoms with E-state index in [1.54, 1.807) is 4.90 Å².